The lowest BCUT2D eigenvalue weighted by molar-refractivity contribution is -0.138. The Morgan fingerprint density at radius 2 is 2.10 bits per heavy atom. The molecule has 2 saturated heterocycles. The second-order valence-electron chi connectivity index (χ2n) is 7.59. The predicted octanol–water partition coefficient (Wildman–Crippen LogP) is 3.65. The van der Waals surface area contributed by atoms with Crippen LogP contribution in [0.25, 0.3) is 0 Å². The molecule has 2 aromatic rings. The minimum Gasteiger partial charge on any atom is -0.468 e. The average Bonchev–Trinajstić information content (AvgIpc) is 3.25. The Morgan fingerprint density at radius 1 is 1.33 bits per heavy atom. The smallest absolute Gasteiger partial charge is 0.325 e. The molecule has 2 unspecified atom stereocenters. The number of morpholine rings is 1. The number of nitrogens with one attached hydrogen (secondary N) is 1. The largest absolute Gasteiger partial charge is 0.468 e. The molecular formula is C21H28N4O3S2. The van der Waals surface area contributed by atoms with Gasteiger partial charge in [0.05, 0.1) is 43.8 Å². The second kappa shape index (κ2) is 9.53. The lowest BCUT2D eigenvalue weighted by atomic mass is 10.2. The van der Waals surface area contributed by atoms with E-state index in [0.29, 0.717) is 17.9 Å². The molecular weight excluding hydrogens is 420 g/mol. The van der Waals surface area contributed by atoms with Gasteiger partial charge in [0.15, 0.2) is 4.34 Å². The maximum atomic E-state index is 11.6. The van der Waals surface area contributed by atoms with Gasteiger partial charge in [0.1, 0.15) is 12.4 Å². The summed E-state index contributed by atoms with van der Waals surface area (Å²) in [5.74, 6) is 1.12. The normalized spacial score (nSPS) is 20.4. The first kappa shape index (κ1) is 21.4. The first-order valence-electron chi connectivity index (χ1n) is 10.3. The fourth-order valence-corrected chi connectivity index (χ4v) is 6.16. The topological polar surface area (TPSA) is 76.6 Å². The van der Waals surface area contributed by atoms with Crippen LogP contribution in [0, 0.1) is 6.92 Å². The van der Waals surface area contributed by atoms with Crippen LogP contribution in [0.3, 0.4) is 0 Å². The summed E-state index contributed by atoms with van der Waals surface area (Å²) >= 11 is 3.48. The maximum absolute atomic E-state index is 11.6. The van der Waals surface area contributed by atoms with Gasteiger partial charge in [0.2, 0.25) is 0 Å². The number of carbonyl (C=O) groups is 1. The number of aromatic nitrogens is 2. The number of carbonyl (C=O) groups excluding carboxylic acids is 1. The summed E-state index contributed by atoms with van der Waals surface area (Å²) in [6, 6.07) is 5.03. The maximum Gasteiger partial charge on any atom is 0.325 e. The Balaban J connectivity index is 1.55. The molecule has 2 atom stereocenters. The lowest BCUT2D eigenvalue weighted by Gasteiger charge is -2.37. The van der Waals surface area contributed by atoms with E-state index in [9.17, 15) is 4.79 Å². The monoisotopic (exact) mass is 448 g/mol. The van der Waals surface area contributed by atoms with E-state index in [1.807, 2.05) is 6.07 Å². The Hall–Kier alpha value is -1.84. The van der Waals surface area contributed by atoms with Crippen LogP contribution < -0.4 is 10.2 Å². The number of thiazole rings is 1. The van der Waals surface area contributed by atoms with Crippen LogP contribution in [0.5, 0.6) is 0 Å². The van der Waals surface area contributed by atoms with Crippen LogP contribution in [0.2, 0.25) is 0 Å². The zero-order valence-corrected chi connectivity index (χ0v) is 19.3. The van der Waals surface area contributed by atoms with Crippen LogP contribution >= 0.6 is 23.1 Å². The highest BCUT2D eigenvalue weighted by Gasteiger charge is 2.37. The van der Waals surface area contributed by atoms with Gasteiger partial charge in [-0.2, -0.15) is 0 Å². The number of fused-ring (bicyclic) bond motifs is 2. The highest BCUT2D eigenvalue weighted by molar-refractivity contribution is 8.00. The number of rotatable bonds is 8. The summed E-state index contributed by atoms with van der Waals surface area (Å²) < 4.78 is 11.6. The zero-order valence-electron chi connectivity index (χ0n) is 17.6. The summed E-state index contributed by atoms with van der Waals surface area (Å²) in [7, 11) is 1.39. The Kier molecular flexibility index (Phi) is 6.80. The van der Waals surface area contributed by atoms with Crippen molar-refractivity contribution in [1.82, 2.24) is 9.97 Å². The molecule has 9 heteroatoms. The molecule has 4 heterocycles. The Bertz CT molecular complexity index is 888. The minimum atomic E-state index is -0.310. The molecule has 4 rings (SSSR count). The van der Waals surface area contributed by atoms with Crippen LogP contribution in [0.15, 0.2) is 16.5 Å². The highest BCUT2D eigenvalue weighted by Crippen LogP contribution is 2.36. The summed E-state index contributed by atoms with van der Waals surface area (Å²) in [6.07, 6.45) is 3.32. The molecule has 2 aliphatic rings. The van der Waals surface area contributed by atoms with E-state index in [-0.39, 0.29) is 12.5 Å². The van der Waals surface area contributed by atoms with E-state index in [4.69, 9.17) is 14.5 Å². The molecule has 0 aromatic carbocycles. The number of thioether (sulfide) groups is 1. The quantitative estimate of drug-likeness (QED) is 0.484. The number of hydrogen-bond donors (Lipinski definition) is 1. The van der Waals surface area contributed by atoms with Gasteiger partial charge in [-0.3, -0.25) is 4.79 Å². The van der Waals surface area contributed by atoms with Gasteiger partial charge in [-0.1, -0.05) is 18.7 Å². The van der Waals surface area contributed by atoms with Gasteiger partial charge < -0.3 is 19.7 Å². The van der Waals surface area contributed by atoms with Crippen molar-refractivity contribution in [2.24, 2.45) is 0 Å². The van der Waals surface area contributed by atoms with Crippen LogP contribution in [-0.2, 0) is 26.4 Å². The van der Waals surface area contributed by atoms with Crippen molar-refractivity contribution in [3.8, 4) is 0 Å². The third kappa shape index (κ3) is 4.73. The van der Waals surface area contributed by atoms with Crippen molar-refractivity contribution in [1.29, 1.82) is 0 Å². The molecule has 2 aliphatic heterocycles. The summed E-state index contributed by atoms with van der Waals surface area (Å²) in [5, 5.41) is 3.12. The number of hydrogen-bond acceptors (Lipinski definition) is 9. The first-order chi connectivity index (χ1) is 14.6. The van der Waals surface area contributed by atoms with Crippen molar-refractivity contribution < 1.29 is 14.3 Å². The number of pyridine rings is 1. The molecule has 162 valence electrons. The molecule has 1 N–H and O–H groups in total. The van der Waals surface area contributed by atoms with E-state index in [1.54, 1.807) is 23.1 Å². The van der Waals surface area contributed by atoms with E-state index >= 15 is 0 Å². The third-order valence-electron chi connectivity index (χ3n) is 5.58. The van der Waals surface area contributed by atoms with Gasteiger partial charge in [-0.05, 0) is 32.3 Å². The minimum absolute atomic E-state index is 0.0983. The van der Waals surface area contributed by atoms with Crippen molar-refractivity contribution in [2.75, 3.05) is 37.1 Å². The zero-order chi connectivity index (χ0) is 21.1. The fourth-order valence-electron chi connectivity index (χ4n) is 4.10. The van der Waals surface area contributed by atoms with Gasteiger partial charge in [-0.15, -0.1) is 11.3 Å². The van der Waals surface area contributed by atoms with Crippen molar-refractivity contribution in [2.45, 2.75) is 55.3 Å². The Morgan fingerprint density at radius 3 is 2.77 bits per heavy atom. The average molecular weight is 449 g/mol. The van der Waals surface area contributed by atoms with E-state index in [2.05, 4.69) is 35.1 Å². The standard InChI is InChI=1S/C21H28N4O3S2/c1-4-18-13(2)23-21(30-18)29-12-14-7-17(8-19(24-14)22-9-20(26)27-3)25-15-5-6-16(25)11-28-10-15/h7-8,15-16H,4-6,9-12H2,1-3H3,(H,22,24). The van der Waals surface area contributed by atoms with Crippen LogP contribution in [0.4, 0.5) is 11.5 Å². The molecule has 0 aliphatic carbocycles. The van der Waals surface area contributed by atoms with E-state index < -0.39 is 0 Å². The summed E-state index contributed by atoms with van der Waals surface area (Å²) in [6.45, 7) is 5.87. The highest BCUT2D eigenvalue weighted by atomic mass is 32.2. The fraction of sp³-hybridized carbons (Fsp3) is 0.571. The van der Waals surface area contributed by atoms with Gasteiger partial charge in [0.25, 0.3) is 0 Å². The molecule has 0 spiro atoms. The molecule has 0 amide bonds. The summed E-state index contributed by atoms with van der Waals surface area (Å²) in [5.41, 5.74) is 3.24. The van der Waals surface area contributed by atoms with Gasteiger partial charge >= 0.3 is 5.97 Å². The molecule has 0 radical (unpaired) electrons. The van der Waals surface area contributed by atoms with Crippen LogP contribution in [-0.4, -0.2) is 54.9 Å². The van der Waals surface area contributed by atoms with Crippen molar-refractivity contribution >= 4 is 40.6 Å². The number of nitrogens with zero attached hydrogens (tertiary/aromatic N) is 3. The second-order valence-corrected chi connectivity index (χ2v) is 9.90. The van der Waals surface area contributed by atoms with Crippen LogP contribution in [0.1, 0.15) is 36.0 Å². The van der Waals surface area contributed by atoms with Crippen molar-refractivity contribution in [3.63, 3.8) is 0 Å². The van der Waals surface area contributed by atoms with Gasteiger partial charge in [-0.25, -0.2) is 9.97 Å². The molecule has 7 nitrogen and oxygen atoms in total. The third-order valence-corrected chi connectivity index (χ3v) is 8.06. The lowest BCUT2D eigenvalue weighted by Crippen LogP contribution is -2.46. The van der Waals surface area contributed by atoms with Gasteiger partial charge in [0, 0.05) is 22.4 Å². The first-order valence-corrected chi connectivity index (χ1v) is 12.1. The molecule has 2 fully saturated rings. The number of methoxy groups -OCH3 is 1. The SMILES string of the molecule is CCc1sc(SCc2cc(N3C4CCC3COC4)cc(NCC(=O)OC)n2)nc1C. The number of esters is 1. The van der Waals surface area contributed by atoms with E-state index in [0.717, 1.165) is 59.6 Å². The summed E-state index contributed by atoms with van der Waals surface area (Å²) in [4.78, 5) is 24.8. The molecule has 2 aromatic heterocycles. The Labute approximate surface area is 185 Å². The molecule has 30 heavy (non-hydrogen) atoms. The van der Waals surface area contributed by atoms with Crippen molar-refractivity contribution in [3.05, 3.63) is 28.4 Å². The molecule has 2 bridgehead atoms. The number of aryl methyl sites for hydroxylation is 2. The predicted molar refractivity (Wildman–Crippen MR) is 121 cm³/mol. The van der Waals surface area contributed by atoms with E-state index in [1.165, 1.54) is 12.0 Å². The molecule has 0 saturated carbocycles. The number of anilines is 2. The number of ether oxygens (including phenoxy) is 2.